The van der Waals surface area contributed by atoms with E-state index < -0.39 is 17.8 Å². The van der Waals surface area contributed by atoms with Crippen LogP contribution in [0.4, 0.5) is 0 Å². The third kappa shape index (κ3) is 6.07. The van der Waals surface area contributed by atoms with E-state index in [0.29, 0.717) is 29.4 Å². The van der Waals surface area contributed by atoms with Crippen molar-refractivity contribution in [2.45, 2.75) is 109 Å². The summed E-state index contributed by atoms with van der Waals surface area (Å²) in [5.74, 6) is 2.52. The lowest BCUT2D eigenvalue weighted by molar-refractivity contribution is 0.0705. The van der Waals surface area contributed by atoms with Crippen LogP contribution in [0.25, 0.3) is 0 Å². The molecule has 4 heteroatoms. The zero-order valence-electron chi connectivity index (χ0n) is 20.1. The van der Waals surface area contributed by atoms with E-state index in [9.17, 15) is 15.3 Å². The summed E-state index contributed by atoms with van der Waals surface area (Å²) in [4.78, 5) is 0. The molecule has 176 valence electrons. The topological polar surface area (TPSA) is 60.7 Å². The van der Waals surface area contributed by atoms with Crippen molar-refractivity contribution >= 4 is 11.8 Å². The first-order chi connectivity index (χ1) is 14.5. The van der Waals surface area contributed by atoms with Crippen molar-refractivity contribution in [3.8, 4) is 0 Å². The van der Waals surface area contributed by atoms with Crippen molar-refractivity contribution in [3.05, 3.63) is 35.5 Å². The van der Waals surface area contributed by atoms with Crippen molar-refractivity contribution in [1.29, 1.82) is 0 Å². The van der Waals surface area contributed by atoms with Crippen molar-refractivity contribution in [3.63, 3.8) is 0 Å². The van der Waals surface area contributed by atoms with Gasteiger partial charge in [-0.2, -0.15) is 11.8 Å². The number of fused-ring (bicyclic) bond motifs is 1. The second-order valence-electron chi connectivity index (χ2n) is 11.2. The van der Waals surface area contributed by atoms with Gasteiger partial charge in [-0.3, -0.25) is 0 Å². The minimum atomic E-state index is -0.616. The molecule has 0 heterocycles. The van der Waals surface area contributed by atoms with Gasteiger partial charge in [-0.25, -0.2) is 0 Å². The summed E-state index contributed by atoms with van der Waals surface area (Å²) in [6.45, 7) is 12.8. The summed E-state index contributed by atoms with van der Waals surface area (Å²) < 4.78 is 0. The average molecular weight is 449 g/mol. The van der Waals surface area contributed by atoms with Crippen LogP contribution in [0.3, 0.4) is 0 Å². The molecule has 0 aromatic rings. The molecular weight excluding hydrogens is 404 g/mol. The number of aliphatic hydroxyl groups excluding tert-OH is 2. The molecule has 0 aromatic carbocycles. The molecule has 3 N–H and O–H groups in total. The summed E-state index contributed by atoms with van der Waals surface area (Å²) >= 11 is 2.10. The van der Waals surface area contributed by atoms with Crippen molar-refractivity contribution in [2.24, 2.45) is 17.3 Å². The SMILES string of the molecule is C=C1/C(=C/C=C2\CCC[C@]3(C)[C@@H]([C@@H](C)SCCCC(C)(C)O)CC[C@@H]23)C[C@@H](O)C[C@@H]1O. The van der Waals surface area contributed by atoms with Gasteiger partial charge in [0.1, 0.15) is 0 Å². The Balaban J connectivity index is 1.66. The first-order valence-electron chi connectivity index (χ1n) is 12.3. The van der Waals surface area contributed by atoms with E-state index in [2.05, 4.69) is 44.3 Å². The number of thioether (sulfide) groups is 1. The number of aliphatic hydroxyl groups is 3. The van der Waals surface area contributed by atoms with Gasteiger partial charge in [0, 0.05) is 11.7 Å². The maximum atomic E-state index is 10.1. The maximum Gasteiger partial charge on any atom is 0.0811 e. The van der Waals surface area contributed by atoms with Gasteiger partial charge in [-0.05, 0) is 99.4 Å². The molecule has 0 aliphatic heterocycles. The Kier molecular flexibility index (Phi) is 8.22. The van der Waals surface area contributed by atoms with Crippen LogP contribution in [-0.2, 0) is 0 Å². The molecule has 31 heavy (non-hydrogen) atoms. The van der Waals surface area contributed by atoms with Crippen LogP contribution in [0.15, 0.2) is 35.5 Å². The molecule has 3 fully saturated rings. The molecule has 3 aliphatic rings. The van der Waals surface area contributed by atoms with Crippen molar-refractivity contribution in [2.75, 3.05) is 5.75 Å². The minimum absolute atomic E-state index is 0.369. The standard InChI is InChI=1S/C27H44O3S/c1-18-21(16-22(28)17-25(18)29)10-9-20-8-6-14-27(5)23(11-12-24(20)27)19(2)31-15-7-13-26(3,4)30/h9-10,19,22-25,28-30H,1,6-8,11-17H2,2-5H3/b20-9+,21-10+/t19-,22-,23-,24+,25+,27-/m1/s1. The van der Waals surface area contributed by atoms with Gasteiger partial charge in [-0.15, -0.1) is 0 Å². The van der Waals surface area contributed by atoms with Crippen LogP contribution in [0.5, 0.6) is 0 Å². The molecule has 6 atom stereocenters. The fourth-order valence-corrected chi connectivity index (χ4v) is 7.77. The summed E-state index contributed by atoms with van der Waals surface area (Å²) in [5, 5.41) is 30.8. The van der Waals surface area contributed by atoms with Crippen LogP contribution in [-0.4, -0.2) is 44.1 Å². The summed E-state index contributed by atoms with van der Waals surface area (Å²) in [6, 6.07) is 0. The predicted octanol–water partition coefficient (Wildman–Crippen LogP) is 5.80. The van der Waals surface area contributed by atoms with Gasteiger partial charge in [0.2, 0.25) is 0 Å². The lowest BCUT2D eigenvalue weighted by Crippen LogP contribution is -2.37. The van der Waals surface area contributed by atoms with Crippen LogP contribution in [0.2, 0.25) is 0 Å². The molecule has 0 saturated heterocycles. The lowest BCUT2D eigenvalue weighted by atomic mass is 9.63. The molecule has 3 saturated carbocycles. The van der Waals surface area contributed by atoms with Gasteiger partial charge < -0.3 is 15.3 Å². The van der Waals surface area contributed by atoms with Crippen LogP contribution in [0, 0.1) is 17.3 Å². The Morgan fingerprint density at radius 3 is 2.71 bits per heavy atom. The van der Waals surface area contributed by atoms with Crippen molar-refractivity contribution < 1.29 is 15.3 Å². The highest BCUT2D eigenvalue weighted by atomic mass is 32.2. The highest BCUT2D eigenvalue weighted by Gasteiger charge is 2.50. The van der Waals surface area contributed by atoms with Crippen molar-refractivity contribution in [1.82, 2.24) is 0 Å². The second kappa shape index (κ2) is 10.2. The summed E-state index contributed by atoms with van der Waals surface area (Å²) in [7, 11) is 0. The van der Waals surface area contributed by atoms with E-state index in [1.54, 1.807) is 5.57 Å². The Labute approximate surface area is 194 Å². The third-order valence-corrected chi connectivity index (χ3v) is 9.56. The van der Waals surface area contributed by atoms with Gasteiger partial charge >= 0.3 is 0 Å². The fourth-order valence-electron chi connectivity index (χ4n) is 6.41. The molecule has 0 spiro atoms. The third-order valence-electron chi connectivity index (χ3n) is 8.18. The molecule has 0 amide bonds. The van der Waals surface area contributed by atoms with Crippen LogP contribution in [0.1, 0.15) is 85.5 Å². The summed E-state index contributed by atoms with van der Waals surface area (Å²) in [6.07, 6.45) is 12.6. The smallest absolute Gasteiger partial charge is 0.0811 e. The van der Waals surface area contributed by atoms with E-state index in [0.717, 1.165) is 35.7 Å². The predicted molar refractivity (Wildman–Crippen MR) is 132 cm³/mol. The quantitative estimate of drug-likeness (QED) is 0.431. The fraction of sp³-hybridized carbons (Fsp3) is 0.778. The number of rotatable bonds is 7. The zero-order chi connectivity index (χ0) is 22.8. The Morgan fingerprint density at radius 2 is 2.00 bits per heavy atom. The van der Waals surface area contributed by atoms with E-state index in [1.807, 2.05) is 13.8 Å². The lowest BCUT2D eigenvalue weighted by Gasteiger charge is -2.44. The highest BCUT2D eigenvalue weighted by Crippen LogP contribution is 2.59. The maximum absolute atomic E-state index is 10.1. The molecular formula is C27H44O3S. The van der Waals surface area contributed by atoms with Crippen LogP contribution >= 0.6 is 11.8 Å². The molecule has 0 bridgehead atoms. The zero-order valence-corrected chi connectivity index (χ0v) is 20.9. The van der Waals surface area contributed by atoms with E-state index in [-0.39, 0.29) is 0 Å². The molecule has 3 nitrogen and oxygen atoms in total. The van der Waals surface area contributed by atoms with Gasteiger partial charge in [0.15, 0.2) is 0 Å². The Hall–Kier alpha value is -0.550. The van der Waals surface area contributed by atoms with Gasteiger partial charge in [0.05, 0.1) is 17.8 Å². The van der Waals surface area contributed by atoms with Gasteiger partial charge in [-0.1, -0.05) is 38.2 Å². The molecule has 3 aliphatic carbocycles. The van der Waals surface area contributed by atoms with E-state index in [1.165, 1.54) is 32.1 Å². The first kappa shape index (κ1) is 25.1. The monoisotopic (exact) mass is 448 g/mol. The first-order valence-corrected chi connectivity index (χ1v) is 13.3. The van der Waals surface area contributed by atoms with Crippen LogP contribution < -0.4 is 0 Å². The molecule has 3 rings (SSSR count). The highest BCUT2D eigenvalue weighted by molar-refractivity contribution is 7.99. The Bertz CT molecular complexity index is 704. The summed E-state index contributed by atoms with van der Waals surface area (Å²) in [5.41, 5.74) is 3.16. The molecule has 0 radical (unpaired) electrons. The number of hydrogen-bond donors (Lipinski definition) is 3. The number of hydrogen-bond acceptors (Lipinski definition) is 4. The molecule has 0 unspecified atom stereocenters. The largest absolute Gasteiger partial charge is 0.393 e. The Morgan fingerprint density at radius 1 is 1.26 bits per heavy atom. The minimum Gasteiger partial charge on any atom is -0.393 e. The average Bonchev–Trinajstić information content (AvgIpc) is 3.03. The second-order valence-corrected chi connectivity index (χ2v) is 12.6. The van der Waals surface area contributed by atoms with E-state index in [4.69, 9.17) is 0 Å². The number of allylic oxidation sites excluding steroid dienone is 3. The molecule has 0 aromatic heterocycles. The van der Waals surface area contributed by atoms with Gasteiger partial charge in [0.25, 0.3) is 0 Å². The van der Waals surface area contributed by atoms with E-state index >= 15 is 0 Å². The normalized spacial score (nSPS) is 38.0.